The minimum Gasteiger partial charge on any atom is -0.492 e. The van der Waals surface area contributed by atoms with Gasteiger partial charge in [-0.15, -0.1) is 0 Å². The van der Waals surface area contributed by atoms with Crippen LogP contribution in [-0.4, -0.2) is 58.5 Å². The normalized spacial score (nSPS) is 19.7. The van der Waals surface area contributed by atoms with Crippen molar-refractivity contribution in [1.82, 2.24) is 19.4 Å². The number of likely N-dealkylation sites (tertiary alicyclic amines) is 1. The lowest BCUT2D eigenvalue weighted by molar-refractivity contribution is -0.132. The van der Waals surface area contributed by atoms with Gasteiger partial charge in [0.2, 0.25) is 5.91 Å². The Morgan fingerprint density at radius 1 is 1.15 bits per heavy atom. The van der Waals surface area contributed by atoms with Crippen LogP contribution in [0.1, 0.15) is 30.7 Å². The fraction of sp³-hybridized carbons (Fsp3) is 0.481. The average molecular weight is 447 g/mol. The number of aryl methyl sites for hydroxylation is 2. The summed E-state index contributed by atoms with van der Waals surface area (Å²) in [5, 5.41) is 0. The topological polar surface area (TPSA) is 50.6 Å². The van der Waals surface area contributed by atoms with Crippen molar-refractivity contribution < 1.29 is 9.53 Å². The minimum absolute atomic E-state index is 0.180. The quantitative estimate of drug-likeness (QED) is 0.550. The molecule has 1 spiro atoms. The van der Waals surface area contributed by atoms with Crippen LogP contribution in [0.5, 0.6) is 5.75 Å². The predicted octanol–water partition coefficient (Wildman–Crippen LogP) is 4.02. The van der Waals surface area contributed by atoms with Gasteiger partial charge in [0, 0.05) is 20.0 Å². The van der Waals surface area contributed by atoms with Crippen LogP contribution in [-0.2, 0) is 18.4 Å². The molecule has 1 aliphatic carbocycles. The summed E-state index contributed by atoms with van der Waals surface area (Å²) in [5.41, 5.74) is 3.67. The highest BCUT2D eigenvalue weighted by Crippen LogP contribution is 2.60. The van der Waals surface area contributed by atoms with E-state index in [1.165, 1.54) is 11.1 Å². The van der Waals surface area contributed by atoms with Gasteiger partial charge in [-0.1, -0.05) is 29.8 Å². The van der Waals surface area contributed by atoms with Crippen molar-refractivity contribution in [2.24, 2.45) is 18.4 Å². The van der Waals surface area contributed by atoms with Gasteiger partial charge in [0.15, 0.2) is 0 Å². The van der Waals surface area contributed by atoms with Crippen molar-refractivity contribution in [1.29, 1.82) is 0 Å². The predicted molar refractivity (Wildman–Crippen MR) is 130 cm³/mol. The number of rotatable bonds is 7. The molecule has 1 atom stereocenters. The average Bonchev–Trinajstić information content (AvgIpc) is 3.44. The molecule has 33 heavy (non-hydrogen) atoms. The van der Waals surface area contributed by atoms with Gasteiger partial charge in [0.05, 0.1) is 24.1 Å². The highest BCUT2D eigenvalue weighted by molar-refractivity contribution is 5.82. The van der Waals surface area contributed by atoms with Crippen LogP contribution < -0.4 is 4.74 Å². The van der Waals surface area contributed by atoms with Gasteiger partial charge in [-0.25, -0.2) is 4.98 Å². The molecule has 5 rings (SSSR count). The third kappa shape index (κ3) is 4.49. The van der Waals surface area contributed by atoms with Gasteiger partial charge in [-0.3, -0.25) is 9.69 Å². The second kappa shape index (κ2) is 8.82. The third-order valence-electron chi connectivity index (χ3n) is 7.68. The molecule has 1 aromatic heterocycles. The Kier molecular flexibility index (Phi) is 5.87. The van der Waals surface area contributed by atoms with Gasteiger partial charge >= 0.3 is 0 Å². The minimum atomic E-state index is 0.180. The fourth-order valence-corrected chi connectivity index (χ4v) is 5.25. The summed E-state index contributed by atoms with van der Waals surface area (Å²) in [6.07, 6.45) is 3.23. The third-order valence-corrected chi connectivity index (χ3v) is 7.68. The van der Waals surface area contributed by atoms with Crippen molar-refractivity contribution >= 4 is 16.9 Å². The molecule has 0 radical (unpaired) electrons. The van der Waals surface area contributed by atoms with Crippen LogP contribution in [0.2, 0.25) is 0 Å². The number of carbonyl (C=O) groups excluding carboxylic acids is 1. The van der Waals surface area contributed by atoms with Crippen LogP contribution in [0.4, 0.5) is 0 Å². The number of hydrogen-bond donors (Lipinski definition) is 0. The zero-order chi connectivity index (χ0) is 23.0. The Morgan fingerprint density at radius 2 is 1.88 bits per heavy atom. The standard InChI is InChI=1S/C27H34N4O2/c1-20-8-10-21(11-9-20)33-17-16-29(2)26(32)22-18-27(22)12-14-31(15-13-27)19-25-28-23-6-4-5-7-24(23)30(25)3/h4-11,22H,12-19H2,1-3H3. The zero-order valence-electron chi connectivity index (χ0n) is 20.0. The Bertz CT molecular complexity index is 1130. The number of carbonyl (C=O) groups is 1. The maximum absolute atomic E-state index is 13.0. The van der Waals surface area contributed by atoms with E-state index >= 15 is 0 Å². The first-order valence-electron chi connectivity index (χ1n) is 12.0. The van der Waals surface area contributed by atoms with Crippen molar-refractivity contribution in [3.63, 3.8) is 0 Å². The van der Waals surface area contributed by atoms with Crippen molar-refractivity contribution in [2.45, 2.75) is 32.7 Å². The van der Waals surface area contributed by atoms with E-state index in [1.807, 2.05) is 42.3 Å². The molecule has 6 nitrogen and oxygen atoms in total. The zero-order valence-corrected chi connectivity index (χ0v) is 20.0. The SMILES string of the molecule is Cc1ccc(OCCN(C)C(=O)C2CC23CCN(Cc2nc4ccccc4n2C)CC3)cc1. The van der Waals surface area contributed by atoms with Crippen molar-refractivity contribution in [2.75, 3.05) is 33.3 Å². The Balaban J connectivity index is 1.09. The van der Waals surface area contributed by atoms with Gasteiger partial charge in [0.1, 0.15) is 18.2 Å². The van der Waals surface area contributed by atoms with E-state index in [4.69, 9.17) is 9.72 Å². The number of nitrogens with zero attached hydrogens (tertiary/aromatic N) is 4. The van der Waals surface area contributed by atoms with Crippen LogP contribution in [0, 0.1) is 18.3 Å². The molecule has 1 unspecified atom stereocenters. The second-order valence-electron chi connectivity index (χ2n) is 9.89. The molecule has 174 valence electrons. The van der Waals surface area contributed by atoms with E-state index in [0.717, 1.165) is 56.0 Å². The molecule has 0 N–H and O–H groups in total. The van der Waals surface area contributed by atoms with E-state index in [-0.39, 0.29) is 17.2 Å². The number of ether oxygens (including phenoxy) is 1. The van der Waals surface area contributed by atoms with E-state index in [2.05, 4.69) is 41.6 Å². The second-order valence-corrected chi connectivity index (χ2v) is 9.89. The van der Waals surface area contributed by atoms with Gasteiger partial charge in [-0.2, -0.15) is 0 Å². The molecule has 1 saturated carbocycles. The van der Waals surface area contributed by atoms with Crippen LogP contribution >= 0.6 is 0 Å². The molecule has 2 aromatic carbocycles. The summed E-state index contributed by atoms with van der Waals surface area (Å²) < 4.78 is 8.02. The first kappa shape index (κ1) is 22.0. The maximum Gasteiger partial charge on any atom is 0.226 e. The largest absolute Gasteiger partial charge is 0.492 e. The number of aromatic nitrogens is 2. The summed E-state index contributed by atoms with van der Waals surface area (Å²) in [6.45, 7) is 6.15. The smallest absolute Gasteiger partial charge is 0.226 e. The van der Waals surface area contributed by atoms with E-state index < -0.39 is 0 Å². The number of piperidine rings is 1. The highest BCUT2D eigenvalue weighted by Gasteiger charge is 2.59. The number of amides is 1. The molecule has 6 heteroatoms. The van der Waals surface area contributed by atoms with Crippen LogP contribution in [0.3, 0.4) is 0 Å². The number of imidazole rings is 1. The molecule has 1 aliphatic heterocycles. The van der Waals surface area contributed by atoms with E-state index in [9.17, 15) is 4.79 Å². The molecule has 2 heterocycles. The Hall–Kier alpha value is -2.86. The van der Waals surface area contributed by atoms with Crippen LogP contribution in [0.15, 0.2) is 48.5 Å². The monoisotopic (exact) mass is 446 g/mol. The molecule has 2 fully saturated rings. The van der Waals surface area contributed by atoms with Crippen molar-refractivity contribution in [3.8, 4) is 5.75 Å². The molecule has 0 bridgehead atoms. The first-order chi connectivity index (χ1) is 15.9. The molecular weight excluding hydrogens is 412 g/mol. The van der Waals surface area contributed by atoms with Gasteiger partial charge < -0.3 is 14.2 Å². The summed E-state index contributed by atoms with van der Waals surface area (Å²) in [4.78, 5) is 22.2. The Labute approximate surface area is 196 Å². The molecule has 3 aromatic rings. The summed E-state index contributed by atoms with van der Waals surface area (Å²) in [7, 11) is 4.01. The van der Waals surface area contributed by atoms with E-state index in [0.29, 0.717) is 13.2 Å². The summed E-state index contributed by atoms with van der Waals surface area (Å²) in [6, 6.07) is 16.4. The van der Waals surface area contributed by atoms with Gasteiger partial charge in [0.25, 0.3) is 0 Å². The fourth-order valence-electron chi connectivity index (χ4n) is 5.25. The van der Waals surface area contributed by atoms with Crippen LogP contribution in [0.25, 0.3) is 11.0 Å². The first-order valence-corrected chi connectivity index (χ1v) is 12.0. The number of benzene rings is 2. The number of para-hydroxylation sites is 2. The maximum atomic E-state index is 13.0. The lowest BCUT2D eigenvalue weighted by Gasteiger charge is -2.33. The van der Waals surface area contributed by atoms with E-state index in [1.54, 1.807) is 0 Å². The lowest BCUT2D eigenvalue weighted by atomic mass is 9.90. The summed E-state index contributed by atoms with van der Waals surface area (Å²) in [5.74, 6) is 2.44. The summed E-state index contributed by atoms with van der Waals surface area (Å²) >= 11 is 0. The number of fused-ring (bicyclic) bond motifs is 1. The number of likely N-dealkylation sites (N-methyl/N-ethyl adjacent to an activating group) is 1. The molecule has 1 amide bonds. The highest BCUT2D eigenvalue weighted by atomic mass is 16.5. The van der Waals surface area contributed by atoms with Crippen molar-refractivity contribution in [3.05, 3.63) is 59.9 Å². The van der Waals surface area contributed by atoms with Gasteiger partial charge in [-0.05, 0) is 69.0 Å². The molecule has 2 aliphatic rings. The Morgan fingerprint density at radius 3 is 2.61 bits per heavy atom. The lowest BCUT2D eigenvalue weighted by Crippen LogP contribution is -2.38. The molecule has 1 saturated heterocycles. The molecular formula is C27H34N4O2. The number of hydrogen-bond acceptors (Lipinski definition) is 4.